The van der Waals surface area contributed by atoms with E-state index in [4.69, 9.17) is 5.84 Å². The van der Waals surface area contributed by atoms with Crippen LogP contribution in [-0.2, 0) is 0 Å². The van der Waals surface area contributed by atoms with Crippen molar-refractivity contribution in [1.82, 2.24) is 5.43 Å². The van der Waals surface area contributed by atoms with E-state index >= 15 is 0 Å². The Morgan fingerprint density at radius 2 is 2.12 bits per heavy atom. The highest BCUT2D eigenvalue weighted by Gasteiger charge is 2.19. The van der Waals surface area contributed by atoms with Crippen molar-refractivity contribution in [3.63, 3.8) is 0 Å². The van der Waals surface area contributed by atoms with Gasteiger partial charge in [0.15, 0.2) is 0 Å². The van der Waals surface area contributed by atoms with Gasteiger partial charge in [-0.05, 0) is 25.5 Å². The molecular formula is C12H14F2N2. The Kier molecular flexibility index (Phi) is 4.41. The second kappa shape index (κ2) is 5.59. The monoisotopic (exact) mass is 224 g/mol. The third kappa shape index (κ3) is 2.57. The normalized spacial score (nSPS) is 11.8. The highest BCUT2D eigenvalue weighted by atomic mass is 19.1. The number of rotatable bonds is 3. The molecule has 1 aromatic carbocycles. The van der Waals surface area contributed by atoms with Crippen LogP contribution in [0.1, 0.15) is 30.5 Å². The first kappa shape index (κ1) is 12.6. The van der Waals surface area contributed by atoms with Crippen molar-refractivity contribution in [1.29, 1.82) is 0 Å². The second-order valence-electron chi connectivity index (χ2n) is 3.44. The van der Waals surface area contributed by atoms with Crippen LogP contribution in [0.5, 0.6) is 0 Å². The average molecular weight is 224 g/mol. The maximum atomic E-state index is 13.7. The molecule has 1 aromatic rings. The molecular weight excluding hydrogens is 210 g/mol. The first-order valence-corrected chi connectivity index (χ1v) is 4.92. The highest BCUT2D eigenvalue weighted by molar-refractivity contribution is 5.30. The summed E-state index contributed by atoms with van der Waals surface area (Å²) in [5.74, 6) is 9.52. The van der Waals surface area contributed by atoms with Gasteiger partial charge >= 0.3 is 0 Å². The SMILES string of the molecule is CC#CCC(NN)c1c(F)ccc(C)c1F. The van der Waals surface area contributed by atoms with Gasteiger partial charge in [-0.15, -0.1) is 11.8 Å². The molecule has 1 rings (SSSR count). The third-order valence-corrected chi connectivity index (χ3v) is 2.35. The van der Waals surface area contributed by atoms with Gasteiger partial charge in [0.25, 0.3) is 0 Å². The number of hydrazine groups is 1. The molecule has 0 aromatic heterocycles. The van der Waals surface area contributed by atoms with Crippen LogP contribution in [0.2, 0.25) is 0 Å². The molecule has 16 heavy (non-hydrogen) atoms. The largest absolute Gasteiger partial charge is 0.271 e. The number of nitrogens with two attached hydrogens (primary N) is 1. The van der Waals surface area contributed by atoms with E-state index in [0.29, 0.717) is 5.56 Å². The van der Waals surface area contributed by atoms with Crippen LogP contribution in [0.4, 0.5) is 8.78 Å². The molecule has 1 unspecified atom stereocenters. The van der Waals surface area contributed by atoms with E-state index in [0.717, 1.165) is 0 Å². The van der Waals surface area contributed by atoms with E-state index in [1.807, 2.05) is 0 Å². The van der Waals surface area contributed by atoms with Crippen molar-refractivity contribution in [3.8, 4) is 11.8 Å². The molecule has 0 amide bonds. The minimum atomic E-state index is -0.632. The van der Waals surface area contributed by atoms with E-state index in [1.54, 1.807) is 13.8 Å². The predicted molar refractivity (Wildman–Crippen MR) is 59.2 cm³/mol. The molecule has 0 spiro atoms. The van der Waals surface area contributed by atoms with Crippen LogP contribution < -0.4 is 11.3 Å². The minimum absolute atomic E-state index is 0.0507. The summed E-state index contributed by atoms with van der Waals surface area (Å²) in [6.07, 6.45) is 0.268. The number of nitrogens with one attached hydrogen (secondary N) is 1. The Morgan fingerprint density at radius 1 is 1.44 bits per heavy atom. The Balaban J connectivity index is 3.16. The van der Waals surface area contributed by atoms with Crippen LogP contribution >= 0.6 is 0 Å². The second-order valence-corrected chi connectivity index (χ2v) is 3.44. The number of halogens is 2. The summed E-state index contributed by atoms with van der Waals surface area (Å²) in [5.41, 5.74) is 2.72. The maximum absolute atomic E-state index is 13.7. The molecule has 0 aliphatic heterocycles. The summed E-state index contributed by atoms with van der Waals surface area (Å²) in [6, 6.07) is 2.00. The zero-order valence-corrected chi connectivity index (χ0v) is 9.27. The van der Waals surface area contributed by atoms with Gasteiger partial charge in [0, 0.05) is 12.0 Å². The van der Waals surface area contributed by atoms with E-state index in [1.165, 1.54) is 12.1 Å². The predicted octanol–water partition coefficient (Wildman–Crippen LogP) is 2.19. The van der Waals surface area contributed by atoms with Gasteiger partial charge in [-0.25, -0.2) is 8.78 Å². The third-order valence-electron chi connectivity index (χ3n) is 2.35. The van der Waals surface area contributed by atoms with Gasteiger partial charge in [-0.1, -0.05) is 6.07 Å². The molecule has 3 N–H and O–H groups in total. The fraction of sp³-hybridized carbons (Fsp3) is 0.333. The van der Waals surface area contributed by atoms with Crippen molar-refractivity contribution in [3.05, 3.63) is 34.9 Å². The van der Waals surface area contributed by atoms with Gasteiger partial charge in [0.1, 0.15) is 11.6 Å². The van der Waals surface area contributed by atoms with Gasteiger partial charge in [-0.2, -0.15) is 0 Å². The van der Waals surface area contributed by atoms with Crippen LogP contribution in [0.3, 0.4) is 0 Å². The first-order valence-electron chi connectivity index (χ1n) is 4.92. The van der Waals surface area contributed by atoms with Gasteiger partial charge in [-0.3, -0.25) is 11.3 Å². The number of hydrogen-bond acceptors (Lipinski definition) is 2. The summed E-state index contributed by atoms with van der Waals surface area (Å²) in [5, 5.41) is 0. The lowest BCUT2D eigenvalue weighted by atomic mass is 10.0. The zero-order chi connectivity index (χ0) is 12.1. The molecule has 0 aliphatic rings. The zero-order valence-electron chi connectivity index (χ0n) is 9.27. The summed E-state index contributed by atoms with van der Waals surface area (Å²) in [4.78, 5) is 0. The number of hydrogen-bond donors (Lipinski definition) is 2. The Bertz CT molecular complexity index is 433. The molecule has 1 atom stereocenters. The highest BCUT2D eigenvalue weighted by Crippen LogP contribution is 2.24. The van der Waals surface area contributed by atoms with Gasteiger partial charge < -0.3 is 0 Å². The summed E-state index contributed by atoms with van der Waals surface area (Å²) in [7, 11) is 0. The summed E-state index contributed by atoms with van der Waals surface area (Å²) >= 11 is 0. The quantitative estimate of drug-likeness (QED) is 0.469. The number of benzene rings is 1. The maximum Gasteiger partial charge on any atom is 0.133 e. The number of aryl methyl sites for hydroxylation is 1. The Hall–Kier alpha value is -1.44. The van der Waals surface area contributed by atoms with Crippen molar-refractivity contribution in [2.75, 3.05) is 0 Å². The molecule has 0 fully saturated rings. The van der Waals surface area contributed by atoms with Crippen molar-refractivity contribution in [2.24, 2.45) is 5.84 Å². The molecule has 0 saturated heterocycles. The average Bonchev–Trinajstić information content (AvgIpc) is 2.28. The summed E-state index contributed by atoms with van der Waals surface area (Å²) < 4.78 is 27.3. The van der Waals surface area contributed by atoms with Crippen LogP contribution in [0.15, 0.2) is 12.1 Å². The molecule has 0 heterocycles. The standard InChI is InChI=1S/C12H14F2N2/c1-3-4-5-10(16-15)11-9(13)7-6-8(2)12(11)14/h6-7,10,16H,5,15H2,1-2H3. The lowest BCUT2D eigenvalue weighted by molar-refractivity contribution is 0.477. The molecule has 2 nitrogen and oxygen atoms in total. The molecule has 86 valence electrons. The van der Waals surface area contributed by atoms with Crippen LogP contribution in [0, 0.1) is 30.4 Å². The van der Waals surface area contributed by atoms with Gasteiger partial charge in [0.05, 0.1) is 6.04 Å². The molecule has 0 aliphatic carbocycles. The van der Waals surface area contributed by atoms with Gasteiger partial charge in [0.2, 0.25) is 0 Å². The molecule has 0 saturated carbocycles. The minimum Gasteiger partial charge on any atom is -0.271 e. The fourth-order valence-corrected chi connectivity index (χ4v) is 1.45. The van der Waals surface area contributed by atoms with Crippen molar-refractivity contribution in [2.45, 2.75) is 26.3 Å². The lowest BCUT2D eigenvalue weighted by Crippen LogP contribution is -2.29. The Labute approximate surface area is 93.8 Å². The molecule has 0 bridgehead atoms. The van der Waals surface area contributed by atoms with E-state index in [2.05, 4.69) is 17.3 Å². The van der Waals surface area contributed by atoms with Crippen molar-refractivity contribution < 1.29 is 8.78 Å². The smallest absolute Gasteiger partial charge is 0.133 e. The Morgan fingerprint density at radius 3 is 2.69 bits per heavy atom. The topological polar surface area (TPSA) is 38.0 Å². The lowest BCUT2D eigenvalue weighted by Gasteiger charge is -2.16. The summed E-state index contributed by atoms with van der Waals surface area (Å²) in [6.45, 7) is 3.24. The van der Waals surface area contributed by atoms with Crippen molar-refractivity contribution >= 4 is 0 Å². The molecule has 0 radical (unpaired) electrons. The van der Waals surface area contributed by atoms with Crippen LogP contribution in [0.25, 0.3) is 0 Å². The van der Waals surface area contributed by atoms with E-state index in [9.17, 15) is 8.78 Å². The van der Waals surface area contributed by atoms with E-state index < -0.39 is 17.7 Å². The van der Waals surface area contributed by atoms with Crippen LogP contribution in [-0.4, -0.2) is 0 Å². The molecule has 4 heteroatoms. The fourth-order valence-electron chi connectivity index (χ4n) is 1.45. The first-order chi connectivity index (χ1) is 7.61. The van der Waals surface area contributed by atoms with E-state index in [-0.39, 0.29) is 12.0 Å².